The first-order chi connectivity index (χ1) is 11.5. The molecule has 0 heterocycles. The summed E-state index contributed by atoms with van der Waals surface area (Å²) in [6.07, 6.45) is 7.41. The largest absolute Gasteiger partial charge is 0.469 e. The molecule has 0 saturated carbocycles. The fraction of sp³-hybridized carbons (Fsp3) is 0.824. The minimum atomic E-state index is -0.891. The molecule has 0 aromatic rings. The van der Waals surface area contributed by atoms with Gasteiger partial charge >= 0.3 is 11.9 Å². The van der Waals surface area contributed by atoms with Crippen molar-refractivity contribution >= 4 is 17.8 Å². The summed E-state index contributed by atoms with van der Waals surface area (Å²) in [6.45, 7) is 2.16. The SMILES string of the molecule is CCCCCCCC[C@@H](N)C(=O)N[C@@H](CCC(=O)OC)C(=O)OC. The molecule has 3 N–H and O–H groups in total. The molecule has 0 unspecified atom stereocenters. The molecule has 0 aliphatic carbocycles. The molecule has 0 aromatic heterocycles. The number of rotatable bonds is 13. The normalized spacial score (nSPS) is 13.0. The van der Waals surface area contributed by atoms with Gasteiger partial charge in [0, 0.05) is 6.42 Å². The number of carbonyl (C=O) groups is 3. The Kier molecular flexibility index (Phi) is 12.8. The summed E-state index contributed by atoms with van der Waals surface area (Å²) in [6, 6.07) is -1.56. The number of hydrogen-bond acceptors (Lipinski definition) is 6. The molecule has 2 atom stereocenters. The molecule has 24 heavy (non-hydrogen) atoms. The number of nitrogens with two attached hydrogens (primary N) is 1. The highest BCUT2D eigenvalue weighted by molar-refractivity contribution is 5.87. The van der Waals surface area contributed by atoms with Crippen LogP contribution in [0.4, 0.5) is 0 Å². The van der Waals surface area contributed by atoms with E-state index in [2.05, 4.69) is 21.7 Å². The van der Waals surface area contributed by atoms with Crippen molar-refractivity contribution < 1.29 is 23.9 Å². The zero-order valence-corrected chi connectivity index (χ0v) is 15.1. The first-order valence-electron chi connectivity index (χ1n) is 8.66. The average molecular weight is 344 g/mol. The van der Waals surface area contributed by atoms with E-state index < -0.39 is 29.9 Å². The number of unbranched alkanes of at least 4 members (excludes halogenated alkanes) is 5. The Bertz CT molecular complexity index is 387. The van der Waals surface area contributed by atoms with Crippen molar-refractivity contribution in [3.05, 3.63) is 0 Å². The van der Waals surface area contributed by atoms with Crippen LogP contribution in [-0.4, -0.2) is 44.1 Å². The number of carbonyl (C=O) groups excluding carboxylic acids is 3. The van der Waals surface area contributed by atoms with Crippen LogP contribution < -0.4 is 11.1 Å². The third-order valence-electron chi connectivity index (χ3n) is 3.87. The summed E-state index contributed by atoms with van der Waals surface area (Å²) in [5, 5.41) is 2.56. The molecular weight excluding hydrogens is 312 g/mol. The van der Waals surface area contributed by atoms with E-state index in [1.54, 1.807) is 0 Å². The Balaban J connectivity index is 4.22. The number of methoxy groups -OCH3 is 2. The number of hydrogen-bond donors (Lipinski definition) is 2. The van der Waals surface area contributed by atoms with Crippen LogP contribution in [0.5, 0.6) is 0 Å². The molecule has 0 bridgehead atoms. The van der Waals surface area contributed by atoms with Crippen molar-refractivity contribution in [1.29, 1.82) is 0 Å². The van der Waals surface area contributed by atoms with Gasteiger partial charge in [-0.2, -0.15) is 0 Å². The van der Waals surface area contributed by atoms with Crippen molar-refractivity contribution in [2.24, 2.45) is 5.73 Å². The van der Waals surface area contributed by atoms with Crippen LogP contribution in [0.15, 0.2) is 0 Å². The van der Waals surface area contributed by atoms with Gasteiger partial charge in [-0.3, -0.25) is 9.59 Å². The maximum atomic E-state index is 12.1. The van der Waals surface area contributed by atoms with Gasteiger partial charge in [0.05, 0.1) is 20.3 Å². The monoisotopic (exact) mass is 344 g/mol. The van der Waals surface area contributed by atoms with Crippen molar-refractivity contribution in [3.63, 3.8) is 0 Å². The van der Waals surface area contributed by atoms with E-state index in [0.29, 0.717) is 6.42 Å². The highest BCUT2D eigenvalue weighted by Crippen LogP contribution is 2.09. The van der Waals surface area contributed by atoms with Crippen molar-refractivity contribution in [2.45, 2.75) is 76.8 Å². The molecule has 0 fully saturated rings. The number of esters is 2. The highest BCUT2D eigenvalue weighted by Gasteiger charge is 2.25. The molecule has 0 aliphatic heterocycles. The van der Waals surface area contributed by atoms with Crippen molar-refractivity contribution in [3.8, 4) is 0 Å². The second-order valence-electron chi connectivity index (χ2n) is 5.86. The second kappa shape index (κ2) is 13.8. The minimum absolute atomic E-state index is 0.0171. The summed E-state index contributed by atoms with van der Waals surface area (Å²) >= 11 is 0. The molecular formula is C17H32N2O5. The van der Waals surface area contributed by atoms with Gasteiger partial charge in [0.1, 0.15) is 6.04 Å². The number of ether oxygens (including phenoxy) is 2. The van der Waals surface area contributed by atoms with Gasteiger partial charge in [0.2, 0.25) is 5.91 Å². The molecule has 140 valence electrons. The van der Waals surface area contributed by atoms with E-state index in [1.165, 1.54) is 33.5 Å². The molecule has 7 heteroatoms. The van der Waals surface area contributed by atoms with Gasteiger partial charge in [-0.25, -0.2) is 4.79 Å². The molecule has 7 nitrogen and oxygen atoms in total. The summed E-state index contributed by atoms with van der Waals surface area (Å²) in [4.78, 5) is 35.0. The molecule has 0 rings (SSSR count). The van der Waals surface area contributed by atoms with E-state index in [4.69, 9.17) is 5.73 Å². The average Bonchev–Trinajstić information content (AvgIpc) is 2.59. The van der Waals surface area contributed by atoms with Crippen LogP contribution in [0, 0.1) is 0 Å². The molecule has 1 amide bonds. The molecule has 0 aromatic carbocycles. The van der Waals surface area contributed by atoms with Gasteiger partial charge in [0.25, 0.3) is 0 Å². The van der Waals surface area contributed by atoms with Crippen LogP contribution in [-0.2, 0) is 23.9 Å². The van der Waals surface area contributed by atoms with Gasteiger partial charge < -0.3 is 20.5 Å². The van der Waals surface area contributed by atoms with E-state index in [0.717, 1.165) is 19.3 Å². The third kappa shape index (κ3) is 10.2. The van der Waals surface area contributed by atoms with Crippen LogP contribution in [0.25, 0.3) is 0 Å². The quantitative estimate of drug-likeness (QED) is 0.389. The Morgan fingerprint density at radius 3 is 2.17 bits per heavy atom. The fourth-order valence-corrected chi connectivity index (χ4v) is 2.31. The van der Waals surface area contributed by atoms with E-state index in [1.807, 2.05) is 0 Å². The third-order valence-corrected chi connectivity index (χ3v) is 3.87. The number of nitrogens with one attached hydrogen (secondary N) is 1. The topological polar surface area (TPSA) is 108 Å². The zero-order valence-electron chi connectivity index (χ0n) is 15.1. The molecule has 0 aliphatic rings. The highest BCUT2D eigenvalue weighted by atomic mass is 16.5. The lowest BCUT2D eigenvalue weighted by Crippen LogP contribution is -2.48. The lowest BCUT2D eigenvalue weighted by atomic mass is 10.0. The fourth-order valence-electron chi connectivity index (χ4n) is 2.31. The lowest BCUT2D eigenvalue weighted by Gasteiger charge is -2.19. The summed E-state index contributed by atoms with van der Waals surface area (Å²) in [7, 11) is 2.50. The van der Waals surface area contributed by atoms with Crippen LogP contribution >= 0.6 is 0 Å². The predicted molar refractivity (Wildman–Crippen MR) is 91.2 cm³/mol. The minimum Gasteiger partial charge on any atom is -0.469 e. The first kappa shape index (κ1) is 22.4. The lowest BCUT2D eigenvalue weighted by molar-refractivity contribution is -0.146. The second-order valence-corrected chi connectivity index (χ2v) is 5.86. The van der Waals surface area contributed by atoms with Crippen molar-refractivity contribution in [1.82, 2.24) is 5.32 Å². The maximum absolute atomic E-state index is 12.1. The molecule has 0 spiro atoms. The van der Waals surface area contributed by atoms with Crippen LogP contribution in [0.2, 0.25) is 0 Å². The van der Waals surface area contributed by atoms with Crippen molar-refractivity contribution in [2.75, 3.05) is 14.2 Å². The van der Waals surface area contributed by atoms with Gasteiger partial charge in [-0.05, 0) is 12.8 Å². The van der Waals surface area contributed by atoms with Gasteiger partial charge in [0.15, 0.2) is 0 Å². The molecule has 0 radical (unpaired) electrons. The maximum Gasteiger partial charge on any atom is 0.328 e. The standard InChI is InChI=1S/C17H32N2O5/c1-4-5-6-7-8-9-10-13(18)16(21)19-14(17(22)24-3)11-12-15(20)23-2/h13-14H,4-12,18H2,1-3H3,(H,19,21)/t13-,14+/m1/s1. The van der Waals surface area contributed by atoms with E-state index in [9.17, 15) is 14.4 Å². The zero-order chi connectivity index (χ0) is 18.4. The Hall–Kier alpha value is -1.63. The Morgan fingerprint density at radius 1 is 0.958 bits per heavy atom. The summed E-state index contributed by atoms with van der Waals surface area (Å²) in [5.41, 5.74) is 5.87. The molecule has 0 saturated heterocycles. The van der Waals surface area contributed by atoms with Gasteiger partial charge in [-0.1, -0.05) is 45.4 Å². The van der Waals surface area contributed by atoms with Crippen LogP contribution in [0.1, 0.15) is 64.7 Å². The van der Waals surface area contributed by atoms with Crippen LogP contribution in [0.3, 0.4) is 0 Å². The Morgan fingerprint density at radius 2 is 1.58 bits per heavy atom. The van der Waals surface area contributed by atoms with Gasteiger partial charge in [-0.15, -0.1) is 0 Å². The predicted octanol–water partition coefficient (Wildman–Crippen LogP) is 1.68. The first-order valence-corrected chi connectivity index (χ1v) is 8.66. The smallest absolute Gasteiger partial charge is 0.328 e. The number of amides is 1. The summed E-state index contributed by atoms with van der Waals surface area (Å²) < 4.78 is 9.18. The summed E-state index contributed by atoms with van der Waals surface area (Å²) in [5.74, 6) is -1.45. The van der Waals surface area contributed by atoms with E-state index in [-0.39, 0.29) is 12.8 Å². The Labute approximate surface area is 144 Å². The van der Waals surface area contributed by atoms with E-state index >= 15 is 0 Å².